The number of hydrogen-bond acceptors (Lipinski definition) is 4. The molecule has 2 aliphatic rings. The van der Waals surface area contributed by atoms with E-state index in [9.17, 15) is 14.4 Å². The molecule has 0 bridgehead atoms. The number of rotatable bonds is 6. The van der Waals surface area contributed by atoms with Crippen LogP contribution in [0.25, 0.3) is 0 Å². The van der Waals surface area contributed by atoms with Gasteiger partial charge in [-0.05, 0) is 43.0 Å². The first-order valence-electron chi connectivity index (χ1n) is 9.21. The van der Waals surface area contributed by atoms with Gasteiger partial charge in [-0.1, -0.05) is 31.4 Å². The summed E-state index contributed by atoms with van der Waals surface area (Å²) in [6.45, 7) is 2.22. The van der Waals surface area contributed by atoms with Gasteiger partial charge in [0.1, 0.15) is 12.1 Å². The van der Waals surface area contributed by atoms with Crippen LogP contribution in [0.4, 0.5) is 4.79 Å². The van der Waals surface area contributed by atoms with Crippen molar-refractivity contribution in [2.24, 2.45) is 5.92 Å². The molecule has 2 atom stereocenters. The Morgan fingerprint density at radius 1 is 1.33 bits per heavy atom. The second kappa shape index (κ2) is 8.52. The molecular formula is C19H24ClN3O3S. The lowest BCUT2D eigenvalue weighted by atomic mass is 9.73. The van der Waals surface area contributed by atoms with Crippen LogP contribution in [0.1, 0.15) is 32.6 Å². The van der Waals surface area contributed by atoms with Crippen molar-refractivity contribution in [2.45, 2.75) is 43.0 Å². The predicted molar refractivity (Wildman–Crippen MR) is 106 cm³/mol. The Kier molecular flexibility index (Phi) is 6.32. The third kappa shape index (κ3) is 4.41. The third-order valence-electron chi connectivity index (χ3n) is 5.31. The van der Waals surface area contributed by atoms with Crippen molar-refractivity contribution in [3.8, 4) is 0 Å². The van der Waals surface area contributed by atoms with E-state index in [1.807, 2.05) is 31.2 Å². The topological polar surface area (TPSA) is 78.5 Å². The smallest absolute Gasteiger partial charge is 0.325 e. The highest BCUT2D eigenvalue weighted by atomic mass is 35.5. The van der Waals surface area contributed by atoms with Gasteiger partial charge in [-0.25, -0.2) is 4.79 Å². The van der Waals surface area contributed by atoms with Crippen LogP contribution in [0.15, 0.2) is 29.2 Å². The number of nitrogens with one attached hydrogen (secondary N) is 2. The Morgan fingerprint density at radius 3 is 2.78 bits per heavy atom. The molecule has 2 N–H and O–H groups in total. The quantitative estimate of drug-likeness (QED) is 0.430. The largest absolute Gasteiger partial charge is 0.354 e. The molecule has 1 aliphatic heterocycles. The summed E-state index contributed by atoms with van der Waals surface area (Å²) in [5.41, 5.74) is -0.819. The lowest BCUT2D eigenvalue weighted by Gasteiger charge is -2.36. The number of hydrogen-bond donors (Lipinski definition) is 2. The Bertz CT molecular complexity index is 727. The third-order valence-corrected chi connectivity index (χ3v) is 6.58. The van der Waals surface area contributed by atoms with Gasteiger partial charge in [0, 0.05) is 22.2 Å². The first-order valence-corrected chi connectivity index (χ1v) is 10.6. The second-order valence-corrected chi connectivity index (χ2v) is 8.70. The van der Waals surface area contributed by atoms with E-state index in [4.69, 9.17) is 11.6 Å². The molecule has 1 saturated heterocycles. The van der Waals surface area contributed by atoms with Crippen LogP contribution < -0.4 is 10.6 Å². The van der Waals surface area contributed by atoms with Crippen LogP contribution in [0.3, 0.4) is 0 Å². The van der Waals surface area contributed by atoms with Crippen LogP contribution in [-0.2, 0) is 9.59 Å². The number of thioether (sulfide) groups is 1. The summed E-state index contributed by atoms with van der Waals surface area (Å²) >= 11 is 7.45. The highest BCUT2D eigenvalue weighted by Crippen LogP contribution is 2.38. The van der Waals surface area contributed by atoms with Gasteiger partial charge in [0.2, 0.25) is 5.91 Å². The molecule has 0 unspecified atom stereocenters. The SMILES string of the molecule is C[C@@H]1CCCC[C@]12NC(=O)N(CC(=O)NCCSc1ccc(Cl)cc1)C2=O. The highest BCUT2D eigenvalue weighted by Gasteiger charge is 2.55. The number of imide groups is 1. The fraction of sp³-hybridized carbons (Fsp3) is 0.526. The number of nitrogens with zero attached hydrogens (tertiary/aromatic N) is 1. The van der Waals surface area contributed by atoms with Gasteiger partial charge in [0.15, 0.2) is 0 Å². The van der Waals surface area contributed by atoms with Crippen molar-refractivity contribution < 1.29 is 14.4 Å². The van der Waals surface area contributed by atoms with Crippen molar-refractivity contribution in [3.05, 3.63) is 29.3 Å². The minimum absolute atomic E-state index is 0.0894. The molecule has 146 valence electrons. The van der Waals surface area contributed by atoms with Gasteiger partial charge in [-0.3, -0.25) is 14.5 Å². The van der Waals surface area contributed by atoms with Crippen LogP contribution >= 0.6 is 23.4 Å². The molecule has 1 aliphatic carbocycles. The predicted octanol–water partition coefficient (Wildman–Crippen LogP) is 3.05. The molecule has 2 fully saturated rings. The molecule has 8 heteroatoms. The minimum atomic E-state index is -0.819. The lowest BCUT2D eigenvalue weighted by molar-refractivity contribution is -0.137. The second-order valence-electron chi connectivity index (χ2n) is 7.09. The average Bonchev–Trinajstić information content (AvgIpc) is 2.88. The summed E-state index contributed by atoms with van der Waals surface area (Å²) in [7, 11) is 0. The first kappa shape index (κ1) is 20.0. The molecule has 0 radical (unpaired) electrons. The normalized spacial score (nSPS) is 25.0. The van der Waals surface area contributed by atoms with Gasteiger partial charge in [-0.2, -0.15) is 0 Å². The van der Waals surface area contributed by atoms with E-state index in [0.29, 0.717) is 23.7 Å². The minimum Gasteiger partial charge on any atom is -0.354 e. The number of urea groups is 1. The van der Waals surface area contributed by atoms with Crippen LogP contribution in [0, 0.1) is 5.92 Å². The van der Waals surface area contributed by atoms with E-state index in [2.05, 4.69) is 10.6 Å². The van der Waals surface area contributed by atoms with E-state index in [1.54, 1.807) is 11.8 Å². The maximum Gasteiger partial charge on any atom is 0.325 e. The zero-order valence-corrected chi connectivity index (χ0v) is 16.9. The Labute approximate surface area is 168 Å². The maximum absolute atomic E-state index is 12.8. The van der Waals surface area contributed by atoms with Gasteiger partial charge in [0.05, 0.1) is 0 Å². The zero-order chi connectivity index (χ0) is 19.4. The Balaban J connectivity index is 1.47. The molecule has 1 saturated carbocycles. The number of carbonyl (C=O) groups excluding carboxylic acids is 3. The summed E-state index contributed by atoms with van der Waals surface area (Å²) in [4.78, 5) is 39.4. The van der Waals surface area contributed by atoms with Crippen LogP contribution in [0.5, 0.6) is 0 Å². The van der Waals surface area contributed by atoms with E-state index in [0.717, 1.165) is 29.1 Å². The molecule has 6 nitrogen and oxygen atoms in total. The van der Waals surface area contributed by atoms with Gasteiger partial charge >= 0.3 is 6.03 Å². The van der Waals surface area contributed by atoms with E-state index in [1.165, 1.54) is 0 Å². The Morgan fingerprint density at radius 2 is 2.07 bits per heavy atom. The van der Waals surface area contributed by atoms with E-state index >= 15 is 0 Å². The molecule has 0 aromatic heterocycles. The van der Waals surface area contributed by atoms with E-state index in [-0.39, 0.29) is 24.3 Å². The summed E-state index contributed by atoms with van der Waals surface area (Å²) in [6, 6.07) is 7.03. The summed E-state index contributed by atoms with van der Waals surface area (Å²) < 4.78 is 0. The number of amides is 4. The van der Waals surface area contributed by atoms with Crippen molar-refractivity contribution in [1.29, 1.82) is 0 Å². The molecular weight excluding hydrogens is 386 g/mol. The fourth-order valence-corrected chi connectivity index (χ4v) is 4.62. The molecule has 1 aromatic rings. The van der Waals surface area contributed by atoms with Gasteiger partial charge in [-0.15, -0.1) is 11.8 Å². The summed E-state index contributed by atoms with van der Waals surface area (Å²) in [5.74, 6) is 0.196. The molecule has 1 heterocycles. The maximum atomic E-state index is 12.8. The number of benzene rings is 1. The zero-order valence-electron chi connectivity index (χ0n) is 15.3. The van der Waals surface area contributed by atoms with Crippen molar-refractivity contribution >= 4 is 41.2 Å². The summed E-state index contributed by atoms with van der Waals surface area (Å²) in [5, 5.41) is 6.32. The molecule has 27 heavy (non-hydrogen) atoms. The van der Waals surface area contributed by atoms with Gasteiger partial charge in [0.25, 0.3) is 5.91 Å². The van der Waals surface area contributed by atoms with Crippen molar-refractivity contribution in [1.82, 2.24) is 15.5 Å². The summed E-state index contributed by atoms with van der Waals surface area (Å²) in [6.07, 6.45) is 3.54. The Hall–Kier alpha value is -1.73. The highest BCUT2D eigenvalue weighted by molar-refractivity contribution is 7.99. The molecule has 3 rings (SSSR count). The van der Waals surface area contributed by atoms with E-state index < -0.39 is 11.6 Å². The molecule has 4 amide bonds. The van der Waals surface area contributed by atoms with Crippen LogP contribution in [0.2, 0.25) is 5.02 Å². The monoisotopic (exact) mass is 409 g/mol. The lowest BCUT2D eigenvalue weighted by Crippen LogP contribution is -2.54. The number of carbonyl (C=O) groups is 3. The molecule has 1 spiro atoms. The van der Waals surface area contributed by atoms with Gasteiger partial charge < -0.3 is 10.6 Å². The standard InChI is InChI=1S/C19H24ClN3O3S/c1-13-4-2-3-9-19(13)17(25)23(18(26)22-19)12-16(24)21-10-11-27-15-7-5-14(20)6-8-15/h5-8,13H,2-4,9-12H2,1H3,(H,21,24)(H,22,26)/t13-,19+/m1/s1. The van der Waals surface area contributed by atoms with Crippen molar-refractivity contribution in [2.75, 3.05) is 18.8 Å². The fourth-order valence-electron chi connectivity index (χ4n) is 3.73. The van der Waals surface area contributed by atoms with Crippen LogP contribution in [-0.4, -0.2) is 47.1 Å². The van der Waals surface area contributed by atoms with Crippen molar-refractivity contribution in [3.63, 3.8) is 0 Å². The first-order chi connectivity index (χ1) is 12.9. The molecule has 1 aromatic carbocycles. The number of halogens is 1. The average molecular weight is 410 g/mol.